The SMILES string of the molecule is CN=C(NCCC(F)(F)F)NCc1ccc(COC)cc1. The number of halogens is 3. The molecule has 0 amide bonds. The van der Waals surface area contributed by atoms with Crippen molar-refractivity contribution in [2.24, 2.45) is 4.99 Å². The number of rotatable bonds is 6. The summed E-state index contributed by atoms with van der Waals surface area (Å²) in [5, 5.41) is 5.59. The standard InChI is InChI=1S/C14H20F3N3O/c1-18-13(19-8-7-14(15,16)17)20-9-11-3-5-12(6-4-11)10-21-2/h3-6H,7-10H2,1-2H3,(H2,18,19,20). The summed E-state index contributed by atoms with van der Waals surface area (Å²) in [5.74, 6) is 0.347. The zero-order valence-corrected chi connectivity index (χ0v) is 12.1. The molecule has 0 aromatic heterocycles. The largest absolute Gasteiger partial charge is 0.390 e. The molecule has 0 saturated heterocycles. The molecular formula is C14H20F3N3O. The summed E-state index contributed by atoms with van der Waals surface area (Å²) < 4.78 is 41.2. The predicted molar refractivity (Wildman–Crippen MR) is 76.0 cm³/mol. The monoisotopic (exact) mass is 303 g/mol. The molecular weight excluding hydrogens is 283 g/mol. The van der Waals surface area contributed by atoms with Crippen LogP contribution in [-0.2, 0) is 17.9 Å². The van der Waals surface area contributed by atoms with Gasteiger partial charge in [-0.2, -0.15) is 13.2 Å². The van der Waals surface area contributed by atoms with Gasteiger partial charge in [-0.05, 0) is 11.1 Å². The third-order valence-corrected chi connectivity index (χ3v) is 2.72. The molecule has 0 saturated carbocycles. The zero-order valence-electron chi connectivity index (χ0n) is 12.1. The Morgan fingerprint density at radius 2 is 1.76 bits per heavy atom. The second-order valence-electron chi connectivity index (χ2n) is 4.47. The van der Waals surface area contributed by atoms with Crippen LogP contribution in [-0.4, -0.2) is 32.8 Å². The summed E-state index contributed by atoms with van der Waals surface area (Å²) >= 11 is 0. The van der Waals surface area contributed by atoms with Gasteiger partial charge in [0.2, 0.25) is 0 Å². The van der Waals surface area contributed by atoms with Gasteiger partial charge in [0.25, 0.3) is 0 Å². The molecule has 0 atom stereocenters. The lowest BCUT2D eigenvalue weighted by Crippen LogP contribution is -2.38. The number of hydrogen-bond acceptors (Lipinski definition) is 2. The highest BCUT2D eigenvalue weighted by molar-refractivity contribution is 5.79. The van der Waals surface area contributed by atoms with Crippen LogP contribution in [0.1, 0.15) is 17.5 Å². The highest BCUT2D eigenvalue weighted by Gasteiger charge is 2.26. The van der Waals surface area contributed by atoms with Crippen molar-refractivity contribution in [2.45, 2.75) is 25.7 Å². The summed E-state index contributed by atoms with van der Waals surface area (Å²) in [7, 11) is 3.15. The lowest BCUT2D eigenvalue weighted by atomic mass is 10.1. The molecule has 4 nitrogen and oxygen atoms in total. The third kappa shape index (κ3) is 7.55. The number of nitrogens with one attached hydrogen (secondary N) is 2. The lowest BCUT2D eigenvalue weighted by Gasteiger charge is -2.13. The van der Waals surface area contributed by atoms with E-state index in [2.05, 4.69) is 15.6 Å². The van der Waals surface area contributed by atoms with Crippen LogP contribution in [0.15, 0.2) is 29.3 Å². The Balaban J connectivity index is 2.37. The quantitative estimate of drug-likeness (QED) is 0.627. The van der Waals surface area contributed by atoms with Crippen LogP contribution < -0.4 is 10.6 Å². The maximum atomic E-state index is 12.1. The molecule has 21 heavy (non-hydrogen) atoms. The number of benzene rings is 1. The molecule has 0 radical (unpaired) electrons. The molecule has 2 N–H and O–H groups in total. The first-order valence-corrected chi connectivity index (χ1v) is 6.52. The Kier molecular flexibility index (Phi) is 7.01. The Labute approximate surface area is 122 Å². The van der Waals surface area contributed by atoms with Crippen LogP contribution in [0.4, 0.5) is 13.2 Å². The van der Waals surface area contributed by atoms with Crippen LogP contribution in [0, 0.1) is 0 Å². The van der Waals surface area contributed by atoms with Crippen molar-refractivity contribution in [3.8, 4) is 0 Å². The van der Waals surface area contributed by atoms with Gasteiger partial charge in [0.15, 0.2) is 5.96 Å². The molecule has 0 heterocycles. The van der Waals surface area contributed by atoms with Gasteiger partial charge in [-0.15, -0.1) is 0 Å². The number of alkyl halides is 3. The maximum Gasteiger partial charge on any atom is 0.390 e. The number of methoxy groups -OCH3 is 1. The van der Waals surface area contributed by atoms with Gasteiger partial charge in [0, 0.05) is 27.2 Å². The molecule has 1 aromatic carbocycles. The molecule has 7 heteroatoms. The van der Waals surface area contributed by atoms with Gasteiger partial charge in [-0.25, -0.2) is 0 Å². The number of ether oxygens (including phenoxy) is 1. The Morgan fingerprint density at radius 1 is 1.14 bits per heavy atom. The van der Waals surface area contributed by atoms with Crippen molar-refractivity contribution in [3.63, 3.8) is 0 Å². The maximum absolute atomic E-state index is 12.1. The van der Waals surface area contributed by atoms with E-state index in [1.807, 2.05) is 24.3 Å². The van der Waals surface area contributed by atoms with E-state index in [1.54, 1.807) is 7.11 Å². The minimum atomic E-state index is -4.16. The summed E-state index contributed by atoms with van der Waals surface area (Å²) in [6.45, 7) is 0.837. The predicted octanol–water partition coefficient (Wildman–Crippen LogP) is 2.45. The molecule has 0 fully saturated rings. The highest BCUT2D eigenvalue weighted by Crippen LogP contribution is 2.18. The second-order valence-corrected chi connectivity index (χ2v) is 4.47. The Morgan fingerprint density at radius 3 is 2.29 bits per heavy atom. The van der Waals surface area contributed by atoms with E-state index < -0.39 is 12.6 Å². The molecule has 1 rings (SSSR count). The number of nitrogens with zero attached hydrogens (tertiary/aromatic N) is 1. The first-order valence-electron chi connectivity index (χ1n) is 6.52. The minimum absolute atomic E-state index is 0.198. The molecule has 0 spiro atoms. The average Bonchev–Trinajstić information content (AvgIpc) is 2.43. The van der Waals surface area contributed by atoms with Crippen molar-refractivity contribution in [1.82, 2.24) is 10.6 Å². The Bertz CT molecular complexity index is 444. The minimum Gasteiger partial charge on any atom is -0.380 e. The van der Waals surface area contributed by atoms with Crippen LogP contribution in [0.3, 0.4) is 0 Å². The van der Waals surface area contributed by atoms with Crippen LogP contribution in [0.2, 0.25) is 0 Å². The fourth-order valence-corrected chi connectivity index (χ4v) is 1.65. The molecule has 118 valence electrons. The molecule has 0 unspecified atom stereocenters. The summed E-state index contributed by atoms with van der Waals surface area (Å²) in [4.78, 5) is 3.88. The van der Waals surface area contributed by atoms with Crippen molar-refractivity contribution < 1.29 is 17.9 Å². The number of hydrogen-bond donors (Lipinski definition) is 2. The van der Waals surface area contributed by atoms with Gasteiger partial charge in [0.05, 0.1) is 13.0 Å². The average molecular weight is 303 g/mol. The van der Waals surface area contributed by atoms with Crippen molar-refractivity contribution in [2.75, 3.05) is 20.7 Å². The van der Waals surface area contributed by atoms with E-state index >= 15 is 0 Å². The third-order valence-electron chi connectivity index (χ3n) is 2.72. The van der Waals surface area contributed by atoms with Gasteiger partial charge in [-0.1, -0.05) is 24.3 Å². The molecule has 0 aliphatic rings. The van der Waals surface area contributed by atoms with Crippen LogP contribution in [0.5, 0.6) is 0 Å². The normalized spacial score (nSPS) is 12.3. The van der Waals surface area contributed by atoms with E-state index in [9.17, 15) is 13.2 Å². The number of guanidine groups is 1. The summed E-state index contributed by atoms with van der Waals surface area (Å²) in [6.07, 6.45) is -5.05. The first-order chi connectivity index (χ1) is 9.94. The van der Waals surface area contributed by atoms with E-state index in [0.717, 1.165) is 11.1 Å². The molecule has 0 bridgehead atoms. The fraction of sp³-hybridized carbons (Fsp3) is 0.500. The van der Waals surface area contributed by atoms with Crippen molar-refractivity contribution in [3.05, 3.63) is 35.4 Å². The van der Waals surface area contributed by atoms with Crippen LogP contribution >= 0.6 is 0 Å². The highest BCUT2D eigenvalue weighted by atomic mass is 19.4. The molecule has 0 aliphatic carbocycles. The van der Waals surface area contributed by atoms with E-state index in [1.165, 1.54) is 7.05 Å². The molecule has 1 aromatic rings. The second kappa shape index (κ2) is 8.51. The van der Waals surface area contributed by atoms with E-state index in [0.29, 0.717) is 19.1 Å². The molecule has 0 aliphatic heterocycles. The smallest absolute Gasteiger partial charge is 0.380 e. The van der Waals surface area contributed by atoms with Gasteiger partial charge < -0.3 is 15.4 Å². The van der Waals surface area contributed by atoms with Gasteiger partial charge in [-0.3, -0.25) is 4.99 Å². The van der Waals surface area contributed by atoms with Crippen LogP contribution in [0.25, 0.3) is 0 Å². The fourth-order valence-electron chi connectivity index (χ4n) is 1.65. The lowest BCUT2D eigenvalue weighted by molar-refractivity contribution is -0.132. The summed E-state index contributed by atoms with van der Waals surface area (Å²) in [5.41, 5.74) is 2.07. The first kappa shape index (κ1) is 17.3. The van der Waals surface area contributed by atoms with Crippen molar-refractivity contribution >= 4 is 5.96 Å². The van der Waals surface area contributed by atoms with E-state index in [4.69, 9.17) is 4.74 Å². The van der Waals surface area contributed by atoms with Crippen molar-refractivity contribution in [1.29, 1.82) is 0 Å². The summed E-state index contributed by atoms with van der Waals surface area (Å²) in [6, 6.07) is 7.76. The van der Waals surface area contributed by atoms with Gasteiger partial charge in [0.1, 0.15) is 0 Å². The topological polar surface area (TPSA) is 45.7 Å². The van der Waals surface area contributed by atoms with Gasteiger partial charge >= 0.3 is 6.18 Å². The zero-order chi connectivity index (χ0) is 15.7. The number of aliphatic imine (C=N–C) groups is 1. The van der Waals surface area contributed by atoms with E-state index in [-0.39, 0.29) is 6.54 Å². The Hall–Kier alpha value is -1.76.